The van der Waals surface area contributed by atoms with Crippen molar-refractivity contribution in [3.05, 3.63) is 64.0 Å². The summed E-state index contributed by atoms with van der Waals surface area (Å²) in [6.45, 7) is 0. The normalized spacial score (nSPS) is 16.7. The SMILES string of the molecule is Cl.O=[N+]([O-])c1ccc(SC2CCCc3cccnc32)cc1. The quantitative estimate of drug-likeness (QED) is 0.613. The van der Waals surface area contributed by atoms with Crippen LogP contribution in [-0.4, -0.2) is 9.91 Å². The molecule has 1 aliphatic carbocycles. The molecule has 4 nitrogen and oxygen atoms in total. The fourth-order valence-corrected chi connectivity index (χ4v) is 3.72. The second kappa shape index (κ2) is 6.91. The molecule has 1 unspecified atom stereocenters. The first-order chi connectivity index (χ1) is 9.74. The molecule has 0 aliphatic heterocycles. The molecule has 0 N–H and O–H groups in total. The summed E-state index contributed by atoms with van der Waals surface area (Å²) >= 11 is 1.74. The number of benzene rings is 1. The van der Waals surface area contributed by atoms with Gasteiger partial charge in [0.2, 0.25) is 0 Å². The highest BCUT2D eigenvalue weighted by molar-refractivity contribution is 7.99. The molecule has 0 saturated heterocycles. The van der Waals surface area contributed by atoms with E-state index in [2.05, 4.69) is 11.1 Å². The van der Waals surface area contributed by atoms with Crippen molar-refractivity contribution < 1.29 is 4.92 Å². The number of rotatable bonds is 3. The Hall–Kier alpha value is -1.59. The van der Waals surface area contributed by atoms with Gasteiger partial charge in [-0.05, 0) is 43.0 Å². The van der Waals surface area contributed by atoms with Gasteiger partial charge in [-0.1, -0.05) is 6.07 Å². The third kappa shape index (κ3) is 3.54. The maximum absolute atomic E-state index is 10.7. The van der Waals surface area contributed by atoms with Crippen LogP contribution in [0.2, 0.25) is 0 Å². The van der Waals surface area contributed by atoms with Crippen molar-refractivity contribution in [3.63, 3.8) is 0 Å². The van der Waals surface area contributed by atoms with Gasteiger partial charge in [-0.15, -0.1) is 24.2 Å². The molecule has 6 heteroatoms. The predicted octanol–water partition coefficient (Wildman–Crippen LogP) is 4.58. The van der Waals surface area contributed by atoms with Gasteiger partial charge >= 0.3 is 0 Å². The topological polar surface area (TPSA) is 56.0 Å². The van der Waals surface area contributed by atoms with Gasteiger partial charge in [0.1, 0.15) is 0 Å². The number of pyridine rings is 1. The number of thioether (sulfide) groups is 1. The summed E-state index contributed by atoms with van der Waals surface area (Å²) in [5.74, 6) is 0. The van der Waals surface area contributed by atoms with Crippen LogP contribution >= 0.6 is 24.2 Å². The lowest BCUT2D eigenvalue weighted by Gasteiger charge is -2.23. The van der Waals surface area contributed by atoms with Gasteiger partial charge in [0.25, 0.3) is 5.69 Å². The molecular weight excluding hydrogens is 308 g/mol. The molecule has 0 saturated carbocycles. The Morgan fingerprint density at radius 3 is 2.71 bits per heavy atom. The van der Waals surface area contributed by atoms with E-state index in [1.807, 2.05) is 24.4 Å². The van der Waals surface area contributed by atoms with E-state index in [4.69, 9.17) is 0 Å². The molecule has 110 valence electrons. The van der Waals surface area contributed by atoms with E-state index in [-0.39, 0.29) is 23.0 Å². The summed E-state index contributed by atoms with van der Waals surface area (Å²) < 4.78 is 0. The van der Waals surface area contributed by atoms with Gasteiger partial charge in [0.05, 0.1) is 15.9 Å². The number of nitrogens with zero attached hydrogens (tertiary/aromatic N) is 2. The zero-order valence-electron chi connectivity index (χ0n) is 11.3. The van der Waals surface area contributed by atoms with Crippen molar-refractivity contribution >= 4 is 29.9 Å². The van der Waals surface area contributed by atoms with Gasteiger partial charge in [-0.25, -0.2) is 0 Å². The molecule has 0 bridgehead atoms. The molecule has 1 aromatic heterocycles. The lowest BCUT2D eigenvalue weighted by molar-refractivity contribution is -0.384. The van der Waals surface area contributed by atoms with Crippen LogP contribution < -0.4 is 0 Å². The average Bonchev–Trinajstić information content (AvgIpc) is 2.48. The molecule has 1 aliphatic rings. The van der Waals surface area contributed by atoms with Gasteiger partial charge < -0.3 is 0 Å². The molecule has 21 heavy (non-hydrogen) atoms. The average molecular weight is 323 g/mol. The highest BCUT2D eigenvalue weighted by Gasteiger charge is 2.22. The Morgan fingerprint density at radius 1 is 1.24 bits per heavy atom. The van der Waals surface area contributed by atoms with Crippen LogP contribution in [0, 0.1) is 10.1 Å². The van der Waals surface area contributed by atoms with Crippen LogP contribution in [0.1, 0.15) is 29.3 Å². The number of nitro benzene ring substituents is 1. The summed E-state index contributed by atoms with van der Waals surface area (Å²) in [6.07, 6.45) is 5.21. The van der Waals surface area contributed by atoms with E-state index in [0.29, 0.717) is 5.25 Å². The molecule has 0 fully saturated rings. The minimum atomic E-state index is -0.369. The summed E-state index contributed by atoms with van der Waals surface area (Å²) in [5.41, 5.74) is 2.64. The lowest BCUT2D eigenvalue weighted by Crippen LogP contribution is -2.09. The number of nitro groups is 1. The number of aromatic nitrogens is 1. The summed E-state index contributed by atoms with van der Waals surface area (Å²) in [4.78, 5) is 15.9. The van der Waals surface area contributed by atoms with Crippen molar-refractivity contribution in [2.24, 2.45) is 0 Å². The van der Waals surface area contributed by atoms with E-state index in [0.717, 1.165) is 17.7 Å². The fourth-order valence-electron chi connectivity index (χ4n) is 2.49. The number of hydrogen-bond donors (Lipinski definition) is 0. The largest absolute Gasteiger partial charge is 0.269 e. The molecule has 1 atom stereocenters. The van der Waals surface area contributed by atoms with Gasteiger partial charge in [-0.3, -0.25) is 15.1 Å². The molecule has 1 aromatic carbocycles. The second-order valence-electron chi connectivity index (χ2n) is 4.80. The molecule has 0 radical (unpaired) electrons. The smallest absolute Gasteiger partial charge is 0.260 e. The standard InChI is InChI=1S/C15H14N2O2S.ClH/c18-17(19)12-6-8-13(9-7-12)20-14-5-1-3-11-4-2-10-16-15(11)14;/h2,4,6-10,14H,1,3,5H2;1H. The third-order valence-corrected chi connectivity index (χ3v) is 4.76. The molecular formula is C15H15ClN2O2S. The minimum Gasteiger partial charge on any atom is -0.260 e. The Balaban J connectivity index is 0.00000161. The fraction of sp³-hybridized carbons (Fsp3) is 0.267. The van der Waals surface area contributed by atoms with E-state index < -0.39 is 0 Å². The number of hydrogen-bond acceptors (Lipinski definition) is 4. The van der Waals surface area contributed by atoms with E-state index in [9.17, 15) is 10.1 Å². The number of fused-ring (bicyclic) bond motifs is 1. The highest BCUT2D eigenvalue weighted by atomic mass is 35.5. The number of non-ortho nitro benzene ring substituents is 1. The van der Waals surface area contributed by atoms with Gasteiger partial charge in [0.15, 0.2) is 0 Å². The Morgan fingerprint density at radius 2 is 2.00 bits per heavy atom. The van der Waals surface area contributed by atoms with Crippen LogP contribution in [0.15, 0.2) is 47.5 Å². The van der Waals surface area contributed by atoms with Gasteiger partial charge in [-0.2, -0.15) is 0 Å². The van der Waals surface area contributed by atoms with Crippen molar-refractivity contribution in [1.29, 1.82) is 0 Å². The lowest BCUT2D eigenvalue weighted by atomic mass is 9.96. The molecule has 1 heterocycles. The number of aryl methyl sites for hydroxylation is 1. The van der Waals surface area contributed by atoms with Crippen molar-refractivity contribution in [3.8, 4) is 0 Å². The molecule has 2 aromatic rings. The van der Waals surface area contributed by atoms with E-state index in [1.54, 1.807) is 23.9 Å². The van der Waals surface area contributed by atoms with Crippen LogP contribution in [-0.2, 0) is 6.42 Å². The van der Waals surface area contributed by atoms with Crippen molar-refractivity contribution in [2.75, 3.05) is 0 Å². The van der Waals surface area contributed by atoms with Crippen molar-refractivity contribution in [1.82, 2.24) is 4.98 Å². The first kappa shape index (κ1) is 15.8. The predicted molar refractivity (Wildman–Crippen MR) is 86.1 cm³/mol. The maximum atomic E-state index is 10.7. The van der Waals surface area contributed by atoms with Crippen molar-refractivity contribution in [2.45, 2.75) is 29.4 Å². The monoisotopic (exact) mass is 322 g/mol. The summed E-state index contributed by atoms with van der Waals surface area (Å²) in [6, 6.07) is 10.9. The number of halogens is 1. The van der Waals surface area contributed by atoms with Gasteiger partial charge in [0, 0.05) is 23.2 Å². The van der Waals surface area contributed by atoms with E-state index >= 15 is 0 Å². The highest BCUT2D eigenvalue weighted by Crippen LogP contribution is 2.42. The summed E-state index contributed by atoms with van der Waals surface area (Å²) in [5, 5.41) is 11.0. The minimum absolute atomic E-state index is 0. The molecule has 0 spiro atoms. The summed E-state index contributed by atoms with van der Waals surface area (Å²) in [7, 11) is 0. The Bertz CT molecular complexity index is 634. The first-order valence-electron chi connectivity index (χ1n) is 6.59. The first-order valence-corrected chi connectivity index (χ1v) is 7.47. The molecule has 3 rings (SSSR count). The van der Waals surface area contributed by atoms with E-state index in [1.165, 1.54) is 17.7 Å². The maximum Gasteiger partial charge on any atom is 0.269 e. The Kier molecular flexibility index (Phi) is 5.20. The zero-order valence-corrected chi connectivity index (χ0v) is 12.9. The zero-order chi connectivity index (χ0) is 13.9. The van der Waals surface area contributed by atoms with Crippen LogP contribution in [0.25, 0.3) is 0 Å². The van der Waals surface area contributed by atoms with Crippen LogP contribution in [0.4, 0.5) is 5.69 Å². The third-order valence-electron chi connectivity index (χ3n) is 3.47. The Labute approximate surface area is 133 Å². The van der Waals surface area contributed by atoms with Crippen LogP contribution in [0.3, 0.4) is 0 Å². The van der Waals surface area contributed by atoms with Crippen LogP contribution in [0.5, 0.6) is 0 Å². The molecule has 0 amide bonds. The second-order valence-corrected chi connectivity index (χ2v) is 6.07.